The van der Waals surface area contributed by atoms with Crippen molar-refractivity contribution in [3.05, 3.63) is 130 Å². The van der Waals surface area contributed by atoms with E-state index in [0.29, 0.717) is 67.1 Å². The van der Waals surface area contributed by atoms with Gasteiger partial charge in [0.1, 0.15) is 42.6 Å². The van der Waals surface area contributed by atoms with Crippen LogP contribution in [0.15, 0.2) is 84.4 Å². The normalized spacial score (nSPS) is 17.3. The first kappa shape index (κ1) is 59.4. The molecule has 3 fully saturated rings. The number of aryl methyl sites for hydroxylation is 1. The number of aliphatic hydroxyl groups excluding tert-OH is 1. The summed E-state index contributed by atoms with van der Waals surface area (Å²) in [6.07, 6.45) is 0.980. The van der Waals surface area contributed by atoms with Gasteiger partial charge in [-0.05, 0) is 96.3 Å². The van der Waals surface area contributed by atoms with Crippen molar-refractivity contribution in [2.45, 2.75) is 84.2 Å². The molecule has 3 aliphatic rings. The number of hydrogen-bond acceptors (Lipinski definition) is 15. The molecule has 22 heteroatoms. The van der Waals surface area contributed by atoms with E-state index in [2.05, 4.69) is 36.0 Å². The molecule has 0 radical (unpaired) electrons. The van der Waals surface area contributed by atoms with Crippen LogP contribution < -0.4 is 20.9 Å². The van der Waals surface area contributed by atoms with Crippen LogP contribution in [0.4, 0.5) is 20.2 Å². The number of ether oxygens (including phenoxy) is 4. The first-order valence-corrected chi connectivity index (χ1v) is 28.6. The summed E-state index contributed by atoms with van der Waals surface area (Å²) in [5.74, 6) is -3.14. The zero-order valence-electron chi connectivity index (χ0n) is 46.6. The lowest BCUT2D eigenvalue weighted by atomic mass is 9.85. The Balaban J connectivity index is 0.685. The molecule has 0 aliphatic carbocycles. The molecule has 82 heavy (non-hydrogen) atoms. The third kappa shape index (κ3) is 15.3. The zero-order valence-corrected chi connectivity index (χ0v) is 47.5. The molecule has 2 aromatic heterocycles. The van der Waals surface area contributed by atoms with Gasteiger partial charge in [0.15, 0.2) is 0 Å². The summed E-state index contributed by atoms with van der Waals surface area (Å²) >= 11 is 1.56. The Kier molecular flexibility index (Phi) is 19.7. The fourth-order valence-electron chi connectivity index (χ4n) is 10.5. The summed E-state index contributed by atoms with van der Waals surface area (Å²) < 4.78 is 50.4. The number of piperazine rings is 1. The van der Waals surface area contributed by atoms with Crippen LogP contribution in [0, 0.1) is 24.0 Å². The number of carbonyl (C=O) groups is 5. The van der Waals surface area contributed by atoms with Gasteiger partial charge in [0.25, 0.3) is 0 Å². The number of nitrogens with zero attached hydrogens (tertiary/aromatic N) is 5. The number of ketones is 1. The van der Waals surface area contributed by atoms with Crippen LogP contribution in [-0.4, -0.2) is 169 Å². The molecule has 6 aromatic rings. The smallest absolute Gasteiger partial charge is 0.248 e. The standard InChI is InChI=1S/C60H71F2N9O10S/c1-37-56(82-36-64-37)41-8-5-38(6-9-41)32-63-58(76)51-31-46(72)33-71(51)59(77)57(60(2,3)4)66-52(73)34-80-23-21-79-22-24-81-35-53(74)70-17-15-69(16-18-70)45-10-11-47(50(30-45)65-44-13-19-78-20-14-44)55(75)54-48-28-39(7-12-49(48)67-68-54)25-40-26-42(61)29-43(62)27-40/h5-12,26-30,36,44,46,51,57,65,72H,13-25,31-35H2,1-4H3,(H,63,76)(H,66,73)(H,67,68)/t46-,51+,57-/m1/s1. The number of hydrogen-bond donors (Lipinski definition) is 5. The van der Waals surface area contributed by atoms with Gasteiger partial charge in [-0.3, -0.25) is 29.1 Å². The van der Waals surface area contributed by atoms with E-state index in [1.54, 1.807) is 33.9 Å². The molecular formula is C60H71F2N9O10S. The predicted molar refractivity (Wildman–Crippen MR) is 305 cm³/mol. The van der Waals surface area contributed by atoms with Gasteiger partial charge in [-0.2, -0.15) is 5.10 Å². The molecule has 3 saturated heterocycles. The first-order valence-electron chi connectivity index (χ1n) is 27.7. The van der Waals surface area contributed by atoms with E-state index in [-0.39, 0.29) is 89.0 Å². The van der Waals surface area contributed by atoms with Gasteiger partial charge < -0.3 is 54.7 Å². The lowest BCUT2D eigenvalue weighted by Crippen LogP contribution is -2.58. The van der Waals surface area contributed by atoms with Crippen LogP contribution in [0.2, 0.25) is 0 Å². The van der Waals surface area contributed by atoms with Crippen LogP contribution in [0.25, 0.3) is 21.3 Å². The van der Waals surface area contributed by atoms with Crippen molar-refractivity contribution in [3.8, 4) is 10.4 Å². The van der Waals surface area contributed by atoms with Crippen molar-refractivity contribution < 1.29 is 56.8 Å². The minimum atomic E-state index is -1.01. The molecule has 0 unspecified atom stereocenters. The largest absolute Gasteiger partial charge is 0.391 e. The van der Waals surface area contributed by atoms with Gasteiger partial charge in [-0.1, -0.05) is 51.1 Å². The highest BCUT2D eigenvalue weighted by Crippen LogP contribution is 2.32. The summed E-state index contributed by atoms with van der Waals surface area (Å²) in [5.41, 5.74) is 8.06. The number of halogens is 2. The number of fused-ring (bicyclic) bond motifs is 1. The van der Waals surface area contributed by atoms with Gasteiger partial charge >= 0.3 is 0 Å². The van der Waals surface area contributed by atoms with Crippen molar-refractivity contribution in [2.75, 3.05) is 95.8 Å². The van der Waals surface area contributed by atoms with Crippen LogP contribution >= 0.6 is 11.3 Å². The van der Waals surface area contributed by atoms with Crippen LogP contribution in [0.1, 0.15) is 78.5 Å². The molecule has 436 valence electrons. The van der Waals surface area contributed by atoms with E-state index in [0.717, 1.165) is 51.9 Å². The number of β-amino-alcohol motifs (C(OH)–C–C–N with tert-alkyl or cyclic N) is 1. The SMILES string of the molecule is Cc1ncsc1-c1ccc(CNC(=O)[C@@H]2C[C@@H](O)CN2C(=O)[C@@H](NC(=O)COCCOCCOCC(=O)N2CCN(c3ccc(C(=O)c4n[nH]c5ccc(Cc6cc(F)cc(F)c6)cc45)c(NC4CCOCC4)c3)CC2)C(C)(C)C)cc1. The number of anilines is 2. The van der Waals surface area contributed by atoms with Crippen molar-refractivity contribution >= 4 is 63.0 Å². The Morgan fingerprint density at radius 3 is 2.23 bits per heavy atom. The number of aromatic nitrogens is 3. The molecular weight excluding hydrogens is 1080 g/mol. The number of aromatic amines is 1. The maximum absolute atomic E-state index is 14.4. The van der Waals surface area contributed by atoms with E-state index < -0.39 is 53.0 Å². The van der Waals surface area contributed by atoms with Crippen molar-refractivity contribution in [3.63, 3.8) is 0 Å². The maximum Gasteiger partial charge on any atom is 0.248 e. The second-order valence-corrected chi connectivity index (χ2v) is 22.9. The number of likely N-dealkylation sites (tertiary alicyclic amines) is 1. The summed E-state index contributed by atoms with van der Waals surface area (Å²) in [6, 6.07) is 20.6. The Bertz CT molecular complexity index is 3190. The molecule has 5 N–H and O–H groups in total. The maximum atomic E-state index is 14.4. The average Bonchev–Trinajstić information content (AvgIpc) is 4.31. The first-order chi connectivity index (χ1) is 39.5. The second-order valence-electron chi connectivity index (χ2n) is 22.0. The van der Waals surface area contributed by atoms with Crippen LogP contribution in [0.3, 0.4) is 0 Å². The third-order valence-corrected chi connectivity index (χ3v) is 15.9. The Morgan fingerprint density at radius 1 is 0.841 bits per heavy atom. The molecule has 4 aromatic carbocycles. The number of H-pyrrole nitrogens is 1. The number of amides is 4. The minimum Gasteiger partial charge on any atom is -0.391 e. The highest BCUT2D eigenvalue weighted by Gasteiger charge is 2.44. The molecule has 19 nitrogen and oxygen atoms in total. The molecule has 0 saturated carbocycles. The molecule has 4 amide bonds. The Labute approximate surface area is 479 Å². The summed E-state index contributed by atoms with van der Waals surface area (Å²) in [4.78, 5) is 78.8. The Hall–Kier alpha value is -7.21. The lowest BCUT2D eigenvalue weighted by molar-refractivity contribution is -0.144. The number of thiazole rings is 1. The number of carbonyl (C=O) groups excluding carboxylic acids is 5. The van der Waals surface area contributed by atoms with E-state index >= 15 is 0 Å². The van der Waals surface area contributed by atoms with Gasteiger partial charge in [-0.15, -0.1) is 11.3 Å². The highest BCUT2D eigenvalue weighted by molar-refractivity contribution is 7.13. The van der Waals surface area contributed by atoms with E-state index in [4.69, 9.17) is 18.9 Å². The summed E-state index contributed by atoms with van der Waals surface area (Å²) in [7, 11) is 0. The molecule has 0 bridgehead atoms. The van der Waals surface area contributed by atoms with Gasteiger partial charge in [-0.25, -0.2) is 13.8 Å². The number of nitrogens with one attached hydrogen (secondary N) is 4. The van der Waals surface area contributed by atoms with Gasteiger partial charge in [0.05, 0.1) is 54.1 Å². The topological polar surface area (TPSA) is 230 Å². The minimum absolute atomic E-state index is 0.0445. The molecule has 9 rings (SSSR count). The van der Waals surface area contributed by atoms with Crippen LogP contribution in [0.5, 0.6) is 0 Å². The summed E-state index contributed by atoms with van der Waals surface area (Å²) in [5, 5.41) is 27.9. The third-order valence-electron chi connectivity index (χ3n) is 14.9. The monoisotopic (exact) mass is 1150 g/mol. The van der Waals surface area contributed by atoms with Crippen LogP contribution in [-0.2, 0) is 51.1 Å². The zero-order chi connectivity index (χ0) is 57.9. The lowest BCUT2D eigenvalue weighted by Gasteiger charge is -2.36. The second kappa shape index (κ2) is 27.2. The number of rotatable bonds is 23. The average molecular weight is 1150 g/mol. The highest BCUT2D eigenvalue weighted by atomic mass is 32.1. The van der Waals surface area contributed by atoms with Gasteiger partial charge in [0, 0.05) is 93.3 Å². The fraction of sp³-hybridized carbons (Fsp3) is 0.450. The predicted octanol–water partition coefficient (Wildman–Crippen LogP) is 6.19. The number of benzene rings is 4. The molecule has 3 atom stereocenters. The molecule has 3 aliphatic heterocycles. The summed E-state index contributed by atoms with van der Waals surface area (Å²) in [6.45, 7) is 10.9. The van der Waals surface area contributed by atoms with Crippen molar-refractivity contribution in [2.24, 2.45) is 5.41 Å². The Morgan fingerprint density at radius 2 is 1.54 bits per heavy atom. The van der Waals surface area contributed by atoms with Gasteiger partial charge in [0.2, 0.25) is 29.4 Å². The fourth-order valence-corrected chi connectivity index (χ4v) is 11.3. The van der Waals surface area contributed by atoms with E-state index in [1.165, 1.54) is 17.0 Å². The van der Waals surface area contributed by atoms with E-state index in [1.807, 2.05) is 76.2 Å². The van der Waals surface area contributed by atoms with Crippen molar-refractivity contribution in [1.29, 1.82) is 0 Å². The van der Waals surface area contributed by atoms with E-state index in [9.17, 15) is 37.9 Å². The molecule has 0 spiro atoms. The number of aliphatic hydroxyl groups is 1. The molecule has 5 heterocycles. The van der Waals surface area contributed by atoms with Crippen molar-refractivity contribution in [1.82, 2.24) is 35.6 Å². The quantitative estimate of drug-likeness (QED) is 0.0356.